The van der Waals surface area contributed by atoms with Crippen molar-refractivity contribution in [2.45, 2.75) is 0 Å². The molecular weight excluding hydrogens is 140 g/mol. The fourth-order valence-electron chi connectivity index (χ4n) is 0.112. The standard InChI is InChI=1S/CClN2S2/c2-1-3-5-6-4-1/q+1. The van der Waals surface area contributed by atoms with Gasteiger partial charge in [-0.05, 0) is 11.6 Å². The third kappa shape index (κ3) is 0.830. The van der Waals surface area contributed by atoms with E-state index in [1.54, 1.807) is 0 Å². The van der Waals surface area contributed by atoms with Crippen molar-refractivity contribution in [3.05, 3.63) is 5.28 Å². The summed E-state index contributed by atoms with van der Waals surface area (Å²) in [6.45, 7) is 0. The molecule has 6 heavy (non-hydrogen) atoms. The maximum atomic E-state index is 5.25. The van der Waals surface area contributed by atoms with E-state index < -0.39 is 0 Å². The predicted octanol–water partition coefficient (Wildman–Crippen LogP) is 1.53. The summed E-state index contributed by atoms with van der Waals surface area (Å²) in [7, 11) is 2.58. The molecule has 1 aromatic heterocycles. The Hall–Kier alpha value is 0.200. The van der Waals surface area contributed by atoms with Crippen LogP contribution in [0.15, 0.2) is 0 Å². The van der Waals surface area contributed by atoms with E-state index in [0.717, 1.165) is 0 Å². The molecule has 0 bridgehead atoms. The Bertz CT molecular complexity index is 115. The monoisotopic (exact) mass is 139 g/mol. The van der Waals surface area contributed by atoms with Gasteiger partial charge < -0.3 is 0 Å². The fourth-order valence-corrected chi connectivity index (χ4v) is 1.51. The first kappa shape index (κ1) is 4.36. The lowest BCUT2D eigenvalue weighted by Gasteiger charge is -1.49. The van der Waals surface area contributed by atoms with Crippen molar-refractivity contribution in [1.82, 2.24) is 8.75 Å². The van der Waals surface area contributed by atoms with E-state index in [2.05, 4.69) is 8.75 Å². The minimum atomic E-state index is 0.352. The molecule has 1 aromatic rings. The summed E-state index contributed by atoms with van der Waals surface area (Å²) in [6, 6.07) is 0. The van der Waals surface area contributed by atoms with E-state index in [9.17, 15) is 0 Å². The van der Waals surface area contributed by atoms with Crippen LogP contribution in [0.5, 0.6) is 0 Å². The summed E-state index contributed by atoms with van der Waals surface area (Å²) in [6.07, 6.45) is 0. The van der Waals surface area contributed by atoms with Crippen LogP contribution in [0.2, 0.25) is 5.28 Å². The van der Waals surface area contributed by atoms with Gasteiger partial charge in [-0.2, -0.15) is 0 Å². The normalized spacial score (nSPS) is 8.83. The molecule has 0 atom stereocenters. The van der Waals surface area contributed by atoms with Crippen molar-refractivity contribution >= 4 is 32.7 Å². The molecule has 0 fully saturated rings. The zero-order valence-electron chi connectivity index (χ0n) is 2.59. The van der Waals surface area contributed by atoms with Gasteiger partial charge in [-0.1, -0.05) is 4.37 Å². The van der Waals surface area contributed by atoms with Crippen LogP contribution in [0.25, 0.3) is 0 Å². The lowest BCUT2D eigenvalue weighted by Crippen LogP contribution is -1.54. The second-order valence-corrected chi connectivity index (χ2v) is 2.50. The van der Waals surface area contributed by atoms with E-state index >= 15 is 0 Å². The maximum absolute atomic E-state index is 5.25. The summed E-state index contributed by atoms with van der Waals surface area (Å²) in [5, 5.41) is 0.352. The quantitative estimate of drug-likeness (QED) is 0.403. The second-order valence-electron chi connectivity index (χ2n) is 0.601. The lowest BCUT2D eigenvalue weighted by atomic mass is 11.4. The van der Waals surface area contributed by atoms with E-state index in [4.69, 9.17) is 11.6 Å². The minimum Gasteiger partial charge on any atom is -0.0997 e. The van der Waals surface area contributed by atoms with Gasteiger partial charge in [0.25, 0.3) is 5.28 Å². The fraction of sp³-hybridized carbons (Fsp3) is 0. The topological polar surface area (TPSA) is 25.8 Å². The van der Waals surface area contributed by atoms with Crippen LogP contribution < -0.4 is 0 Å². The Morgan fingerprint density at radius 1 is 1.83 bits per heavy atom. The van der Waals surface area contributed by atoms with Crippen LogP contribution >= 0.6 is 32.7 Å². The van der Waals surface area contributed by atoms with Gasteiger partial charge in [-0.25, -0.2) is 0 Å². The van der Waals surface area contributed by atoms with Gasteiger partial charge >= 0.3 is 21.1 Å². The van der Waals surface area contributed by atoms with E-state index in [-0.39, 0.29) is 0 Å². The molecular formula is CClN2S2+. The van der Waals surface area contributed by atoms with Crippen molar-refractivity contribution in [2.75, 3.05) is 0 Å². The molecule has 1 heterocycles. The smallest absolute Gasteiger partial charge is 0.0997 e. The van der Waals surface area contributed by atoms with Crippen molar-refractivity contribution < 1.29 is 0 Å². The third-order valence-corrected chi connectivity index (χ3v) is 1.84. The Morgan fingerprint density at radius 2 is 2.67 bits per heavy atom. The molecule has 0 saturated carbocycles. The van der Waals surface area contributed by atoms with Crippen LogP contribution in [0, 0.1) is 0 Å². The zero-order valence-corrected chi connectivity index (χ0v) is 4.98. The summed E-state index contributed by atoms with van der Waals surface area (Å²) >= 11 is 5.25. The molecule has 5 heteroatoms. The molecule has 0 aliphatic carbocycles. The molecule has 32 valence electrons. The molecule has 0 radical (unpaired) electrons. The highest BCUT2D eigenvalue weighted by atomic mass is 35.5. The molecule has 0 saturated heterocycles. The van der Waals surface area contributed by atoms with Gasteiger partial charge in [0, 0.05) is 0 Å². The Kier molecular flexibility index (Phi) is 1.29. The van der Waals surface area contributed by atoms with Gasteiger partial charge in [0.05, 0.1) is 4.37 Å². The predicted molar refractivity (Wildman–Crippen MR) is 27.2 cm³/mol. The summed E-state index contributed by atoms with van der Waals surface area (Å²) in [5.74, 6) is 0. The molecule has 0 aliphatic heterocycles. The number of halogens is 1. The van der Waals surface area contributed by atoms with Gasteiger partial charge in [0.15, 0.2) is 0 Å². The van der Waals surface area contributed by atoms with E-state index in [1.807, 2.05) is 0 Å². The lowest BCUT2D eigenvalue weighted by molar-refractivity contribution is 1.40. The first-order chi connectivity index (χ1) is 2.89. The van der Waals surface area contributed by atoms with Crippen LogP contribution in [-0.4, -0.2) is 8.75 Å². The van der Waals surface area contributed by atoms with Gasteiger partial charge in [-0.15, -0.1) is 0 Å². The highest BCUT2D eigenvalue weighted by Crippen LogP contribution is 2.05. The van der Waals surface area contributed by atoms with Crippen molar-refractivity contribution in [3.8, 4) is 0 Å². The molecule has 0 aromatic carbocycles. The Labute approximate surface area is 47.1 Å². The van der Waals surface area contributed by atoms with E-state index in [1.165, 1.54) is 21.1 Å². The molecule has 0 amide bonds. The van der Waals surface area contributed by atoms with Crippen LogP contribution in [-0.2, 0) is 0 Å². The van der Waals surface area contributed by atoms with E-state index in [0.29, 0.717) is 5.28 Å². The summed E-state index contributed by atoms with van der Waals surface area (Å²) < 4.78 is 7.26. The van der Waals surface area contributed by atoms with Crippen molar-refractivity contribution in [2.24, 2.45) is 0 Å². The largest absolute Gasteiger partial charge is 0.463 e. The minimum absolute atomic E-state index is 0.352. The third-order valence-electron chi connectivity index (χ3n) is 0.259. The summed E-state index contributed by atoms with van der Waals surface area (Å²) in [5.41, 5.74) is 0. The highest BCUT2D eigenvalue weighted by molar-refractivity contribution is 7.64. The van der Waals surface area contributed by atoms with Gasteiger partial charge in [0.1, 0.15) is 0 Å². The maximum Gasteiger partial charge on any atom is 0.463 e. The number of hydrogen-bond donors (Lipinski definition) is 0. The number of hydrogen-bond acceptors (Lipinski definition) is 3. The first-order valence-electron chi connectivity index (χ1n) is 1.17. The molecule has 0 spiro atoms. The number of aromatic nitrogens is 2. The SMILES string of the molecule is Clc1ns[s+]n1. The van der Waals surface area contributed by atoms with Crippen LogP contribution in [0.1, 0.15) is 0 Å². The summed E-state index contributed by atoms with van der Waals surface area (Å²) in [4.78, 5) is 0. The number of rotatable bonds is 0. The zero-order chi connectivity index (χ0) is 4.41. The first-order valence-corrected chi connectivity index (χ1v) is 3.61. The van der Waals surface area contributed by atoms with Crippen molar-refractivity contribution in [1.29, 1.82) is 0 Å². The Balaban J connectivity index is 3.05. The average Bonchev–Trinajstić information content (AvgIpc) is 1.86. The van der Waals surface area contributed by atoms with Gasteiger partial charge in [-0.3, -0.25) is 0 Å². The Morgan fingerprint density at radius 3 is 2.83 bits per heavy atom. The highest BCUT2D eigenvalue weighted by Gasteiger charge is 1.98. The average molecular weight is 140 g/mol. The molecule has 0 N–H and O–H groups in total. The second kappa shape index (κ2) is 1.77. The van der Waals surface area contributed by atoms with Crippen LogP contribution in [0.4, 0.5) is 0 Å². The van der Waals surface area contributed by atoms with Crippen LogP contribution in [0.3, 0.4) is 0 Å². The number of nitrogens with zero attached hydrogens (tertiary/aromatic N) is 2. The molecule has 0 unspecified atom stereocenters. The molecule has 0 aliphatic rings. The van der Waals surface area contributed by atoms with Gasteiger partial charge in [0.2, 0.25) is 0 Å². The molecule has 2 nitrogen and oxygen atoms in total. The molecule has 1 rings (SSSR count). The van der Waals surface area contributed by atoms with Crippen molar-refractivity contribution in [3.63, 3.8) is 0 Å².